The molecule has 2 nitrogen and oxygen atoms in total. The van der Waals surface area contributed by atoms with Crippen molar-refractivity contribution in [3.63, 3.8) is 0 Å². The topological polar surface area (TPSA) is 33.1 Å². The lowest BCUT2D eigenvalue weighted by Gasteiger charge is -2.28. The molecule has 0 aliphatic carbocycles. The number of hydrogen-bond donors (Lipinski definition) is 1. The smallest absolute Gasteiger partial charge is 0.186 e. The van der Waals surface area contributed by atoms with Crippen LogP contribution in [0, 0.1) is 16.7 Å². The Bertz CT molecular complexity index is 127. The minimum Gasteiger partial charge on any atom is -0.484 e. The zero-order chi connectivity index (χ0) is 8.36. The molecule has 0 aliphatic heterocycles. The van der Waals surface area contributed by atoms with Gasteiger partial charge in [0.15, 0.2) is 5.90 Å². The molecule has 0 heterocycles. The van der Waals surface area contributed by atoms with Crippen LogP contribution in [0.2, 0.25) is 0 Å². The fraction of sp³-hybridized carbons (Fsp3) is 0.875. The Kier molecular flexibility index (Phi) is 2.88. The van der Waals surface area contributed by atoms with E-state index in [2.05, 4.69) is 13.8 Å². The first kappa shape index (κ1) is 9.47. The summed E-state index contributed by atoms with van der Waals surface area (Å²) in [6.45, 7) is 8.22. The van der Waals surface area contributed by atoms with E-state index < -0.39 is 0 Å². The van der Waals surface area contributed by atoms with Crippen molar-refractivity contribution in [2.75, 3.05) is 7.11 Å². The maximum absolute atomic E-state index is 7.45. The largest absolute Gasteiger partial charge is 0.484 e. The van der Waals surface area contributed by atoms with Crippen LogP contribution in [0.1, 0.15) is 27.7 Å². The first-order valence-corrected chi connectivity index (χ1v) is 3.56. The Labute approximate surface area is 63.1 Å². The molecular weight excluding hydrogens is 126 g/mol. The Morgan fingerprint density at radius 1 is 1.40 bits per heavy atom. The number of methoxy groups -OCH3 is 1. The van der Waals surface area contributed by atoms with Crippen molar-refractivity contribution in [1.29, 1.82) is 5.41 Å². The zero-order valence-corrected chi connectivity index (χ0v) is 7.49. The molecule has 0 aromatic rings. The molecule has 0 saturated carbocycles. The Morgan fingerprint density at radius 2 is 1.80 bits per heavy atom. The molecule has 0 aromatic carbocycles. The highest BCUT2D eigenvalue weighted by Gasteiger charge is 2.28. The van der Waals surface area contributed by atoms with E-state index in [1.165, 1.54) is 0 Å². The highest BCUT2D eigenvalue weighted by Crippen LogP contribution is 2.27. The molecule has 60 valence electrons. The highest BCUT2D eigenvalue weighted by molar-refractivity contribution is 5.78. The standard InChI is InChI=1S/C8H17NO/c1-6(2)8(3,4)7(9)10-5/h6,9H,1-5H3. The average Bonchev–Trinajstić information content (AvgIpc) is 1.86. The Hall–Kier alpha value is -0.530. The van der Waals surface area contributed by atoms with Gasteiger partial charge in [-0.2, -0.15) is 0 Å². The monoisotopic (exact) mass is 143 g/mol. The molecule has 10 heavy (non-hydrogen) atoms. The molecule has 0 unspecified atom stereocenters. The quantitative estimate of drug-likeness (QED) is 0.467. The van der Waals surface area contributed by atoms with Crippen LogP contribution >= 0.6 is 0 Å². The van der Waals surface area contributed by atoms with Crippen LogP contribution in [0.4, 0.5) is 0 Å². The van der Waals surface area contributed by atoms with Gasteiger partial charge in [0, 0.05) is 5.41 Å². The SMILES string of the molecule is COC(=N)C(C)(C)C(C)C. The van der Waals surface area contributed by atoms with E-state index in [0.717, 1.165) is 0 Å². The first-order valence-electron chi connectivity index (χ1n) is 3.56. The van der Waals surface area contributed by atoms with Gasteiger partial charge in [-0.3, -0.25) is 5.41 Å². The molecule has 1 N–H and O–H groups in total. The van der Waals surface area contributed by atoms with Crippen LogP contribution in [0.5, 0.6) is 0 Å². The fourth-order valence-electron chi connectivity index (χ4n) is 0.525. The predicted octanol–water partition coefficient (Wildman–Crippen LogP) is 2.29. The summed E-state index contributed by atoms with van der Waals surface area (Å²) >= 11 is 0. The predicted molar refractivity (Wildman–Crippen MR) is 43.4 cm³/mol. The maximum Gasteiger partial charge on any atom is 0.186 e. The first-order chi connectivity index (χ1) is 4.42. The van der Waals surface area contributed by atoms with Crippen molar-refractivity contribution in [3.05, 3.63) is 0 Å². The fourth-order valence-corrected chi connectivity index (χ4v) is 0.525. The third kappa shape index (κ3) is 1.72. The normalized spacial score (nSPS) is 11.8. The van der Waals surface area contributed by atoms with Crippen LogP contribution < -0.4 is 0 Å². The lowest BCUT2D eigenvalue weighted by Crippen LogP contribution is -2.30. The second-order valence-electron chi connectivity index (χ2n) is 3.41. The summed E-state index contributed by atoms with van der Waals surface area (Å²) in [5.74, 6) is 0.808. The van der Waals surface area contributed by atoms with Gasteiger partial charge in [0.2, 0.25) is 0 Å². The molecule has 0 radical (unpaired) electrons. The number of nitrogens with one attached hydrogen (secondary N) is 1. The van der Waals surface area contributed by atoms with Gasteiger partial charge in [0.25, 0.3) is 0 Å². The molecule has 2 heteroatoms. The van der Waals surface area contributed by atoms with Gasteiger partial charge in [-0.1, -0.05) is 27.7 Å². The van der Waals surface area contributed by atoms with E-state index in [0.29, 0.717) is 11.8 Å². The highest BCUT2D eigenvalue weighted by atomic mass is 16.5. The summed E-state index contributed by atoms with van der Waals surface area (Å²) in [4.78, 5) is 0. The van der Waals surface area contributed by atoms with Crippen LogP contribution in [-0.2, 0) is 4.74 Å². The van der Waals surface area contributed by atoms with E-state index in [1.807, 2.05) is 13.8 Å². The van der Waals surface area contributed by atoms with Gasteiger partial charge in [0.1, 0.15) is 0 Å². The Morgan fingerprint density at radius 3 is 1.90 bits per heavy atom. The van der Waals surface area contributed by atoms with Crippen LogP contribution in [0.15, 0.2) is 0 Å². The molecule has 0 amide bonds. The molecule has 0 rings (SSSR count). The van der Waals surface area contributed by atoms with Gasteiger partial charge in [-0.15, -0.1) is 0 Å². The molecule has 0 atom stereocenters. The molecule has 0 aromatic heterocycles. The van der Waals surface area contributed by atoms with E-state index in [9.17, 15) is 0 Å². The molecule has 0 bridgehead atoms. The van der Waals surface area contributed by atoms with Gasteiger partial charge < -0.3 is 4.74 Å². The summed E-state index contributed by atoms with van der Waals surface area (Å²) in [5.41, 5.74) is -0.130. The van der Waals surface area contributed by atoms with Crippen LogP contribution in [0.3, 0.4) is 0 Å². The third-order valence-corrected chi connectivity index (χ3v) is 2.23. The van der Waals surface area contributed by atoms with E-state index in [1.54, 1.807) is 7.11 Å². The van der Waals surface area contributed by atoms with Crippen molar-refractivity contribution >= 4 is 5.90 Å². The summed E-state index contributed by atoms with van der Waals surface area (Å²) in [6.07, 6.45) is 0. The second kappa shape index (κ2) is 3.04. The van der Waals surface area contributed by atoms with Gasteiger partial charge in [-0.05, 0) is 5.92 Å². The minimum atomic E-state index is -0.130. The van der Waals surface area contributed by atoms with Gasteiger partial charge in [0.05, 0.1) is 7.11 Å². The third-order valence-electron chi connectivity index (χ3n) is 2.23. The molecule has 0 saturated heterocycles. The summed E-state index contributed by atoms with van der Waals surface area (Å²) in [5, 5.41) is 7.45. The van der Waals surface area contributed by atoms with E-state index in [4.69, 9.17) is 10.1 Å². The molecule has 0 aliphatic rings. The van der Waals surface area contributed by atoms with Gasteiger partial charge in [-0.25, -0.2) is 0 Å². The summed E-state index contributed by atoms with van der Waals surface area (Å²) < 4.78 is 4.86. The lowest BCUT2D eigenvalue weighted by atomic mass is 9.81. The summed E-state index contributed by atoms with van der Waals surface area (Å²) in [6, 6.07) is 0. The lowest BCUT2D eigenvalue weighted by molar-refractivity contribution is 0.264. The molecule has 0 spiro atoms. The number of hydrogen-bond acceptors (Lipinski definition) is 2. The molecule has 0 fully saturated rings. The minimum absolute atomic E-state index is 0.130. The molecular formula is C8H17NO. The number of ether oxygens (including phenoxy) is 1. The van der Waals surface area contributed by atoms with Crippen LogP contribution in [0.25, 0.3) is 0 Å². The van der Waals surface area contributed by atoms with E-state index in [-0.39, 0.29) is 5.41 Å². The van der Waals surface area contributed by atoms with Gasteiger partial charge >= 0.3 is 0 Å². The summed E-state index contributed by atoms with van der Waals surface area (Å²) in [7, 11) is 1.55. The van der Waals surface area contributed by atoms with Crippen molar-refractivity contribution < 1.29 is 4.74 Å². The second-order valence-corrected chi connectivity index (χ2v) is 3.41. The average molecular weight is 143 g/mol. The maximum atomic E-state index is 7.45. The Balaban J connectivity index is 4.24. The number of rotatable bonds is 2. The van der Waals surface area contributed by atoms with Crippen molar-refractivity contribution in [1.82, 2.24) is 0 Å². The van der Waals surface area contributed by atoms with Crippen LogP contribution in [-0.4, -0.2) is 13.0 Å². The zero-order valence-electron chi connectivity index (χ0n) is 7.49. The van der Waals surface area contributed by atoms with Crippen molar-refractivity contribution in [2.45, 2.75) is 27.7 Å². The van der Waals surface area contributed by atoms with Crippen molar-refractivity contribution in [3.8, 4) is 0 Å². The van der Waals surface area contributed by atoms with E-state index >= 15 is 0 Å². The van der Waals surface area contributed by atoms with Crippen molar-refractivity contribution in [2.24, 2.45) is 11.3 Å².